The monoisotopic (exact) mass is 240 g/mol. The average molecular weight is 240 g/mol. The van der Waals surface area contributed by atoms with Gasteiger partial charge in [-0.3, -0.25) is 4.79 Å². The maximum atomic E-state index is 11.6. The van der Waals surface area contributed by atoms with E-state index in [1.54, 1.807) is 4.90 Å². The van der Waals surface area contributed by atoms with Crippen molar-refractivity contribution in [2.45, 2.75) is 18.9 Å². The SMILES string of the molecule is C#CCCNC(=O)N1CCOC(CC(=O)O)C1. The number of hydrogen-bond donors (Lipinski definition) is 2. The van der Waals surface area contributed by atoms with E-state index in [1.807, 2.05) is 0 Å². The molecule has 0 saturated carbocycles. The number of terminal acetylenes is 1. The third kappa shape index (κ3) is 4.74. The second-order valence-corrected chi connectivity index (χ2v) is 3.72. The van der Waals surface area contributed by atoms with Gasteiger partial charge in [-0.15, -0.1) is 12.3 Å². The second kappa shape index (κ2) is 6.76. The standard InChI is InChI=1S/C11H16N2O4/c1-2-3-4-12-11(16)13-5-6-17-9(8-13)7-10(14)15/h1,9H,3-8H2,(H,12,16)(H,14,15). The molecule has 17 heavy (non-hydrogen) atoms. The van der Waals surface area contributed by atoms with E-state index in [4.69, 9.17) is 16.3 Å². The first-order valence-electron chi connectivity index (χ1n) is 5.43. The van der Waals surface area contributed by atoms with Crippen molar-refractivity contribution in [3.05, 3.63) is 0 Å². The van der Waals surface area contributed by atoms with Crippen molar-refractivity contribution in [2.75, 3.05) is 26.2 Å². The third-order valence-electron chi connectivity index (χ3n) is 2.37. The quantitative estimate of drug-likeness (QED) is 0.531. The smallest absolute Gasteiger partial charge is 0.317 e. The first-order valence-corrected chi connectivity index (χ1v) is 5.43. The molecule has 0 aromatic rings. The zero-order valence-electron chi connectivity index (χ0n) is 9.52. The van der Waals surface area contributed by atoms with Gasteiger partial charge < -0.3 is 20.1 Å². The maximum Gasteiger partial charge on any atom is 0.317 e. The Morgan fingerprint density at radius 3 is 3.00 bits per heavy atom. The lowest BCUT2D eigenvalue weighted by atomic mass is 10.2. The van der Waals surface area contributed by atoms with Crippen LogP contribution in [0.15, 0.2) is 0 Å². The van der Waals surface area contributed by atoms with Crippen molar-refractivity contribution in [1.82, 2.24) is 10.2 Å². The molecular weight excluding hydrogens is 224 g/mol. The fourth-order valence-corrected chi connectivity index (χ4v) is 1.58. The van der Waals surface area contributed by atoms with Crippen LogP contribution in [0.1, 0.15) is 12.8 Å². The Kier molecular flexibility index (Phi) is 5.30. The summed E-state index contributed by atoms with van der Waals surface area (Å²) in [6.07, 6.45) is 5.03. The summed E-state index contributed by atoms with van der Waals surface area (Å²) >= 11 is 0. The van der Waals surface area contributed by atoms with Gasteiger partial charge in [-0.05, 0) is 0 Å². The molecule has 0 bridgehead atoms. The van der Waals surface area contributed by atoms with Gasteiger partial charge in [0.15, 0.2) is 0 Å². The predicted molar refractivity (Wildman–Crippen MR) is 60.4 cm³/mol. The Labute approximate surface area is 99.9 Å². The van der Waals surface area contributed by atoms with Gasteiger partial charge in [0.25, 0.3) is 0 Å². The molecule has 1 saturated heterocycles. The Balaban J connectivity index is 2.35. The number of nitrogens with zero attached hydrogens (tertiary/aromatic N) is 1. The molecule has 1 rings (SSSR count). The van der Waals surface area contributed by atoms with Crippen molar-refractivity contribution in [3.8, 4) is 12.3 Å². The van der Waals surface area contributed by atoms with Crippen LogP contribution < -0.4 is 5.32 Å². The van der Waals surface area contributed by atoms with E-state index < -0.39 is 12.1 Å². The summed E-state index contributed by atoms with van der Waals surface area (Å²) in [5.74, 6) is 1.50. The molecule has 0 aliphatic carbocycles. The highest BCUT2D eigenvalue weighted by molar-refractivity contribution is 5.74. The summed E-state index contributed by atoms with van der Waals surface area (Å²) in [6.45, 7) is 1.56. The Hall–Kier alpha value is -1.74. The number of aliphatic carboxylic acids is 1. The van der Waals surface area contributed by atoms with Crippen molar-refractivity contribution in [3.63, 3.8) is 0 Å². The number of carbonyl (C=O) groups is 2. The molecular formula is C11H16N2O4. The van der Waals surface area contributed by atoms with Crippen LogP contribution in [-0.2, 0) is 9.53 Å². The molecule has 0 aromatic carbocycles. The van der Waals surface area contributed by atoms with E-state index in [2.05, 4.69) is 11.2 Å². The Morgan fingerprint density at radius 1 is 1.59 bits per heavy atom. The summed E-state index contributed by atoms with van der Waals surface area (Å²) in [5.41, 5.74) is 0. The third-order valence-corrected chi connectivity index (χ3v) is 2.37. The fraction of sp³-hybridized carbons (Fsp3) is 0.636. The van der Waals surface area contributed by atoms with Crippen LogP contribution in [0.2, 0.25) is 0 Å². The number of carbonyl (C=O) groups excluding carboxylic acids is 1. The van der Waals surface area contributed by atoms with E-state index in [1.165, 1.54) is 0 Å². The highest BCUT2D eigenvalue weighted by Gasteiger charge is 2.25. The Morgan fingerprint density at radius 2 is 2.35 bits per heavy atom. The van der Waals surface area contributed by atoms with Crippen molar-refractivity contribution < 1.29 is 19.4 Å². The Bertz CT molecular complexity index is 324. The van der Waals surface area contributed by atoms with Gasteiger partial charge >= 0.3 is 12.0 Å². The molecule has 6 heteroatoms. The van der Waals surface area contributed by atoms with Crippen molar-refractivity contribution in [2.24, 2.45) is 0 Å². The lowest BCUT2D eigenvalue weighted by molar-refractivity contribution is -0.141. The molecule has 0 aromatic heterocycles. The van der Waals surface area contributed by atoms with Crippen LogP contribution in [0.25, 0.3) is 0 Å². The number of rotatable bonds is 4. The number of amides is 2. The molecule has 1 unspecified atom stereocenters. The minimum atomic E-state index is -0.926. The largest absolute Gasteiger partial charge is 0.481 e. The molecule has 6 nitrogen and oxygen atoms in total. The minimum absolute atomic E-state index is 0.0892. The van der Waals surface area contributed by atoms with E-state index in [-0.39, 0.29) is 12.5 Å². The summed E-state index contributed by atoms with van der Waals surface area (Å²) in [7, 11) is 0. The topological polar surface area (TPSA) is 78.9 Å². The lowest BCUT2D eigenvalue weighted by Crippen LogP contribution is -2.50. The zero-order valence-corrected chi connectivity index (χ0v) is 9.52. The molecule has 1 fully saturated rings. The van der Waals surface area contributed by atoms with E-state index in [0.29, 0.717) is 32.7 Å². The number of nitrogens with one attached hydrogen (secondary N) is 1. The molecule has 2 amide bonds. The van der Waals surface area contributed by atoms with Crippen LogP contribution in [0, 0.1) is 12.3 Å². The highest BCUT2D eigenvalue weighted by atomic mass is 16.5. The molecule has 1 atom stereocenters. The minimum Gasteiger partial charge on any atom is -0.481 e. The van der Waals surface area contributed by atoms with Gasteiger partial charge in [-0.25, -0.2) is 4.79 Å². The molecule has 1 aliphatic heterocycles. The van der Waals surface area contributed by atoms with E-state index in [9.17, 15) is 9.59 Å². The van der Waals surface area contributed by atoms with Gasteiger partial charge in [-0.1, -0.05) is 0 Å². The summed E-state index contributed by atoms with van der Waals surface area (Å²) in [5, 5.41) is 11.3. The van der Waals surface area contributed by atoms with E-state index in [0.717, 1.165) is 0 Å². The lowest BCUT2D eigenvalue weighted by Gasteiger charge is -2.32. The van der Waals surface area contributed by atoms with Gasteiger partial charge in [0, 0.05) is 26.1 Å². The number of hydrogen-bond acceptors (Lipinski definition) is 3. The predicted octanol–water partition coefficient (Wildman–Crippen LogP) is -0.105. The van der Waals surface area contributed by atoms with Gasteiger partial charge in [0.05, 0.1) is 19.1 Å². The summed E-state index contributed by atoms with van der Waals surface area (Å²) in [4.78, 5) is 23.7. The summed E-state index contributed by atoms with van der Waals surface area (Å²) < 4.78 is 5.26. The number of carboxylic acid groups (broad SMARTS) is 1. The fourth-order valence-electron chi connectivity index (χ4n) is 1.58. The van der Waals surface area contributed by atoms with Gasteiger partial charge in [0.1, 0.15) is 0 Å². The number of ether oxygens (including phenoxy) is 1. The molecule has 1 aliphatic rings. The van der Waals surface area contributed by atoms with E-state index >= 15 is 0 Å². The molecule has 94 valence electrons. The van der Waals surface area contributed by atoms with Crippen LogP contribution in [0.4, 0.5) is 4.79 Å². The van der Waals surface area contributed by atoms with Gasteiger partial charge in [-0.2, -0.15) is 0 Å². The first-order chi connectivity index (χ1) is 8.13. The maximum absolute atomic E-state index is 11.6. The highest BCUT2D eigenvalue weighted by Crippen LogP contribution is 2.08. The zero-order chi connectivity index (χ0) is 12.7. The van der Waals surface area contributed by atoms with Crippen LogP contribution in [-0.4, -0.2) is 54.4 Å². The first kappa shape index (κ1) is 13.3. The molecule has 2 N–H and O–H groups in total. The number of urea groups is 1. The second-order valence-electron chi connectivity index (χ2n) is 3.72. The molecule has 0 spiro atoms. The molecule has 0 radical (unpaired) electrons. The van der Waals surface area contributed by atoms with Crippen LogP contribution in [0.5, 0.6) is 0 Å². The van der Waals surface area contributed by atoms with Crippen LogP contribution >= 0.6 is 0 Å². The molecule has 1 heterocycles. The van der Waals surface area contributed by atoms with Crippen molar-refractivity contribution in [1.29, 1.82) is 0 Å². The number of carboxylic acids is 1. The number of morpholine rings is 1. The summed E-state index contributed by atoms with van der Waals surface area (Å²) in [6, 6.07) is -0.223. The normalized spacial score (nSPS) is 19.5. The average Bonchev–Trinajstić information content (AvgIpc) is 2.28. The van der Waals surface area contributed by atoms with Gasteiger partial charge in [0.2, 0.25) is 0 Å². The van der Waals surface area contributed by atoms with Crippen molar-refractivity contribution >= 4 is 12.0 Å². The van der Waals surface area contributed by atoms with Crippen LogP contribution in [0.3, 0.4) is 0 Å².